The van der Waals surface area contributed by atoms with Gasteiger partial charge in [-0.15, -0.1) is 0 Å². The number of nitrogens with one attached hydrogen (secondary N) is 1. The summed E-state index contributed by atoms with van der Waals surface area (Å²) in [6.45, 7) is 8.67. The van der Waals surface area contributed by atoms with Crippen LogP contribution in [0.5, 0.6) is 0 Å². The van der Waals surface area contributed by atoms with E-state index in [1.165, 1.54) is 5.56 Å². The molecule has 0 aliphatic heterocycles. The second kappa shape index (κ2) is 4.15. The third kappa shape index (κ3) is 2.34. The molecule has 1 N–H and O–H groups in total. The molecule has 1 aromatic carbocycles. The van der Waals surface area contributed by atoms with Crippen LogP contribution in [0.4, 0.5) is 0 Å². The number of aromatic amines is 1. The average Bonchev–Trinajstić information content (AvgIpc) is 2.56. The van der Waals surface area contributed by atoms with Crippen LogP contribution < -0.4 is 0 Å². The Hall–Kier alpha value is -1.35. The highest BCUT2D eigenvalue weighted by Crippen LogP contribution is 2.28. The number of aromatic nitrogens is 2. The molecule has 2 aromatic rings. The van der Waals surface area contributed by atoms with E-state index in [0.717, 1.165) is 16.2 Å². The number of imidazole rings is 1. The van der Waals surface area contributed by atoms with Gasteiger partial charge in [0, 0.05) is 11.9 Å². The summed E-state index contributed by atoms with van der Waals surface area (Å²) in [7, 11) is 0. The fourth-order valence-corrected chi connectivity index (χ4v) is 2.32. The summed E-state index contributed by atoms with van der Waals surface area (Å²) in [5.41, 5.74) is 3.65. The lowest BCUT2D eigenvalue weighted by molar-refractivity contribution is 0.586. The van der Waals surface area contributed by atoms with Crippen LogP contribution in [-0.2, 0) is 5.41 Å². The fourth-order valence-electron chi connectivity index (χ4n) is 2.01. The number of nitrogens with zero attached hydrogens (tertiary/aromatic N) is 1. The number of H-pyrrole nitrogens is 1. The van der Waals surface area contributed by atoms with Gasteiger partial charge < -0.3 is 4.98 Å². The van der Waals surface area contributed by atoms with E-state index < -0.39 is 0 Å². The molecule has 0 atom stereocenters. The lowest BCUT2D eigenvalue weighted by Gasteiger charge is -2.23. The Labute approximate surface area is 107 Å². The number of hydrogen-bond acceptors (Lipinski definition) is 1. The van der Waals surface area contributed by atoms with Crippen molar-refractivity contribution in [3.05, 3.63) is 46.5 Å². The van der Waals surface area contributed by atoms with Crippen molar-refractivity contribution in [3.8, 4) is 5.69 Å². The molecule has 0 bridgehead atoms. The van der Waals surface area contributed by atoms with E-state index in [1.807, 2.05) is 17.7 Å². The molecule has 0 aliphatic rings. The van der Waals surface area contributed by atoms with Crippen LogP contribution in [0, 0.1) is 11.7 Å². The summed E-state index contributed by atoms with van der Waals surface area (Å²) < 4.78 is 2.80. The van der Waals surface area contributed by atoms with Gasteiger partial charge in [0.15, 0.2) is 4.77 Å². The van der Waals surface area contributed by atoms with Gasteiger partial charge in [-0.25, -0.2) is 0 Å². The van der Waals surface area contributed by atoms with Crippen molar-refractivity contribution < 1.29 is 0 Å². The molecule has 0 aliphatic carbocycles. The Morgan fingerprint density at radius 2 is 1.82 bits per heavy atom. The van der Waals surface area contributed by atoms with Gasteiger partial charge >= 0.3 is 0 Å². The van der Waals surface area contributed by atoms with Gasteiger partial charge in [-0.3, -0.25) is 4.57 Å². The monoisotopic (exact) mass is 246 g/mol. The zero-order chi connectivity index (χ0) is 12.6. The number of rotatable bonds is 1. The van der Waals surface area contributed by atoms with E-state index in [1.54, 1.807) is 0 Å². The summed E-state index contributed by atoms with van der Waals surface area (Å²) in [6, 6.07) is 8.41. The van der Waals surface area contributed by atoms with E-state index in [0.29, 0.717) is 0 Å². The molecular formula is C14H18N2S. The molecule has 2 rings (SSSR count). The molecule has 0 spiro atoms. The van der Waals surface area contributed by atoms with Crippen LogP contribution in [0.25, 0.3) is 5.69 Å². The summed E-state index contributed by atoms with van der Waals surface area (Å²) in [5.74, 6) is 0. The van der Waals surface area contributed by atoms with Crippen molar-refractivity contribution >= 4 is 12.2 Å². The number of benzene rings is 1. The number of para-hydroxylation sites is 1. The van der Waals surface area contributed by atoms with Gasteiger partial charge in [0.2, 0.25) is 0 Å². The third-order valence-corrected chi connectivity index (χ3v) is 3.12. The maximum atomic E-state index is 5.34. The Balaban J connectivity index is 2.68. The molecule has 17 heavy (non-hydrogen) atoms. The zero-order valence-corrected chi connectivity index (χ0v) is 11.6. The standard InChI is InChI=1S/C14H18N2S/c1-10-9-16(13(17)15-10)12-8-6-5-7-11(12)14(2,3)4/h5-9H,1-4H3,(H,15,17). The van der Waals surface area contributed by atoms with E-state index in [2.05, 4.69) is 50.0 Å². The van der Waals surface area contributed by atoms with Gasteiger partial charge in [0.05, 0.1) is 5.69 Å². The van der Waals surface area contributed by atoms with Crippen LogP contribution >= 0.6 is 12.2 Å². The van der Waals surface area contributed by atoms with Crippen molar-refractivity contribution in [2.75, 3.05) is 0 Å². The number of hydrogen-bond donors (Lipinski definition) is 1. The van der Waals surface area contributed by atoms with Crippen molar-refractivity contribution in [1.82, 2.24) is 9.55 Å². The second-order valence-corrected chi connectivity index (χ2v) is 5.77. The van der Waals surface area contributed by atoms with Gasteiger partial charge in [-0.05, 0) is 36.2 Å². The normalized spacial score (nSPS) is 11.8. The SMILES string of the molecule is Cc1cn(-c2ccccc2C(C)(C)C)c(=S)[nH]1. The summed E-state index contributed by atoms with van der Waals surface area (Å²) >= 11 is 5.34. The smallest absolute Gasteiger partial charge is 0.181 e. The molecule has 0 unspecified atom stereocenters. The van der Waals surface area contributed by atoms with Gasteiger partial charge in [-0.1, -0.05) is 39.0 Å². The molecule has 0 fully saturated rings. The predicted octanol–water partition coefficient (Wildman–Crippen LogP) is 4.14. The molecule has 0 radical (unpaired) electrons. The summed E-state index contributed by atoms with van der Waals surface area (Å²) in [5, 5.41) is 0. The third-order valence-electron chi connectivity index (χ3n) is 2.82. The Bertz CT molecular complexity index is 585. The molecule has 3 heteroatoms. The minimum atomic E-state index is 0.108. The first-order valence-electron chi connectivity index (χ1n) is 5.78. The van der Waals surface area contributed by atoms with Crippen LogP contribution in [0.2, 0.25) is 0 Å². The Kier molecular flexibility index (Phi) is 2.96. The van der Waals surface area contributed by atoms with Crippen molar-refractivity contribution in [1.29, 1.82) is 0 Å². The Morgan fingerprint density at radius 3 is 2.35 bits per heavy atom. The highest BCUT2D eigenvalue weighted by Gasteiger charge is 2.18. The Morgan fingerprint density at radius 1 is 1.18 bits per heavy atom. The first kappa shape index (κ1) is 12.1. The highest BCUT2D eigenvalue weighted by molar-refractivity contribution is 7.71. The molecule has 1 aromatic heterocycles. The van der Waals surface area contributed by atoms with Crippen molar-refractivity contribution in [2.24, 2.45) is 0 Å². The van der Waals surface area contributed by atoms with Gasteiger partial charge in [-0.2, -0.15) is 0 Å². The maximum Gasteiger partial charge on any atom is 0.181 e. The quantitative estimate of drug-likeness (QED) is 0.750. The van der Waals surface area contributed by atoms with Crippen LogP contribution in [0.3, 0.4) is 0 Å². The molecule has 0 saturated carbocycles. The summed E-state index contributed by atoms with van der Waals surface area (Å²) in [6.07, 6.45) is 2.05. The fraction of sp³-hybridized carbons (Fsp3) is 0.357. The maximum absolute atomic E-state index is 5.34. The molecular weight excluding hydrogens is 228 g/mol. The van der Waals surface area contributed by atoms with Crippen LogP contribution in [0.1, 0.15) is 32.0 Å². The molecule has 90 valence electrons. The zero-order valence-electron chi connectivity index (χ0n) is 10.7. The number of aryl methyl sites for hydroxylation is 1. The minimum absolute atomic E-state index is 0.108. The molecule has 0 amide bonds. The lowest BCUT2D eigenvalue weighted by atomic mass is 9.86. The van der Waals surface area contributed by atoms with Crippen LogP contribution in [-0.4, -0.2) is 9.55 Å². The van der Waals surface area contributed by atoms with E-state index in [4.69, 9.17) is 12.2 Å². The topological polar surface area (TPSA) is 20.7 Å². The molecule has 1 heterocycles. The molecule has 2 nitrogen and oxygen atoms in total. The lowest BCUT2D eigenvalue weighted by Crippen LogP contribution is -2.14. The van der Waals surface area contributed by atoms with E-state index >= 15 is 0 Å². The van der Waals surface area contributed by atoms with Crippen molar-refractivity contribution in [3.63, 3.8) is 0 Å². The second-order valence-electron chi connectivity index (χ2n) is 5.38. The average molecular weight is 246 g/mol. The molecule has 0 saturated heterocycles. The van der Waals surface area contributed by atoms with Crippen LogP contribution in [0.15, 0.2) is 30.5 Å². The van der Waals surface area contributed by atoms with Gasteiger partial charge in [0.1, 0.15) is 0 Å². The van der Waals surface area contributed by atoms with E-state index in [-0.39, 0.29) is 5.41 Å². The summed E-state index contributed by atoms with van der Waals surface area (Å²) in [4.78, 5) is 3.16. The van der Waals surface area contributed by atoms with E-state index in [9.17, 15) is 0 Å². The predicted molar refractivity (Wildman–Crippen MR) is 74.4 cm³/mol. The highest BCUT2D eigenvalue weighted by atomic mass is 32.1. The van der Waals surface area contributed by atoms with Gasteiger partial charge in [0.25, 0.3) is 0 Å². The first-order valence-corrected chi connectivity index (χ1v) is 6.18. The largest absolute Gasteiger partial charge is 0.335 e. The first-order chi connectivity index (χ1) is 7.89. The minimum Gasteiger partial charge on any atom is -0.335 e. The van der Waals surface area contributed by atoms with Crippen molar-refractivity contribution in [2.45, 2.75) is 33.1 Å².